The van der Waals surface area contributed by atoms with E-state index in [1.807, 2.05) is 6.07 Å². The summed E-state index contributed by atoms with van der Waals surface area (Å²) in [5.41, 5.74) is 0.343. The Morgan fingerprint density at radius 2 is 1.78 bits per heavy atom. The molecule has 1 nitrogen and oxygen atoms in total. The first-order valence-electron chi connectivity index (χ1n) is 6.69. The maximum absolute atomic E-state index is 6.09. The molecule has 1 fully saturated rings. The topological polar surface area (TPSA) is 9.23 Å². The Kier molecular flexibility index (Phi) is 5.80. The van der Waals surface area contributed by atoms with Crippen LogP contribution in [0.1, 0.15) is 38.5 Å². The van der Waals surface area contributed by atoms with Crippen molar-refractivity contribution in [1.29, 1.82) is 0 Å². The highest BCUT2D eigenvalue weighted by Crippen LogP contribution is 2.37. The molecule has 0 bridgehead atoms. The molecule has 1 aromatic carbocycles. The van der Waals surface area contributed by atoms with Crippen LogP contribution in [0.15, 0.2) is 24.3 Å². The van der Waals surface area contributed by atoms with Crippen molar-refractivity contribution in [3.8, 4) is 5.75 Å². The molecule has 1 aromatic rings. The van der Waals surface area contributed by atoms with E-state index in [9.17, 15) is 0 Å². The zero-order chi connectivity index (χ0) is 12.8. The first-order valence-corrected chi connectivity index (χ1v) is 8.89. The molecule has 0 aromatic heterocycles. The van der Waals surface area contributed by atoms with Crippen molar-refractivity contribution >= 4 is 38.5 Å². The highest BCUT2D eigenvalue weighted by Gasteiger charge is 2.30. The summed E-state index contributed by atoms with van der Waals surface area (Å²) in [5.74, 6) is 1.03. The number of benzene rings is 1. The molecule has 100 valence electrons. The summed E-state index contributed by atoms with van der Waals surface area (Å²) in [6.07, 6.45) is 8.06. The van der Waals surface area contributed by atoms with Crippen molar-refractivity contribution in [2.24, 2.45) is 5.41 Å². The number of para-hydroxylation sites is 1. The lowest BCUT2D eigenvalue weighted by molar-refractivity contribution is 0.148. The standard InChI is InChI=1S/C15H20BrIO/c16-11-15(9-5-1-2-6-10-15)12-18-14-8-4-3-7-13(14)17/h3-4,7-8H,1-2,5-6,9-12H2. The third-order valence-electron chi connectivity index (χ3n) is 3.82. The smallest absolute Gasteiger partial charge is 0.132 e. The van der Waals surface area contributed by atoms with E-state index in [1.165, 1.54) is 42.1 Å². The van der Waals surface area contributed by atoms with Crippen molar-refractivity contribution < 1.29 is 4.74 Å². The Labute approximate surface area is 132 Å². The van der Waals surface area contributed by atoms with E-state index < -0.39 is 0 Å². The lowest BCUT2D eigenvalue weighted by atomic mass is 9.83. The van der Waals surface area contributed by atoms with Gasteiger partial charge in [0.25, 0.3) is 0 Å². The predicted molar refractivity (Wildman–Crippen MR) is 88.6 cm³/mol. The van der Waals surface area contributed by atoms with Crippen LogP contribution in [0, 0.1) is 8.99 Å². The highest BCUT2D eigenvalue weighted by atomic mass is 127. The summed E-state index contributed by atoms with van der Waals surface area (Å²) in [6.45, 7) is 0.846. The van der Waals surface area contributed by atoms with Gasteiger partial charge in [0.05, 0.1) is 10.2 Å². The Bertz CT molecular complexity index is 373. The first kappa shape index (κ1) is 14.6. The monoisotopic (exact) mass is 422 g/mol. The van der Waals surface area contributed by atoms with Gasteiger partial charge < -0.3 is 4.74 Å². The third kappa shape index (κ3) is 3.86. The number of hydrogen-bond acceptors (Lipinski definition) is 1. The molecule has 0 heterocycles. The zero-order valence-corrected chi connectivity index (χ0v) is 14.4. The summed E-state index contributed by atoms with van der Waals surface area (Å²) in [6, 6.07) is 8.27. The van der Waals surface area contributed by atoms with Crippen LogP contribution in [0.2, 0.25) is 0 Å². The van der Waals surface area contributed by atoms with Crippen LogP contribution in [-0.4, -0.2) is 11.9 Å². The van der Waals surface area contributed by atoms with Gasteiger partial charge in [0, 0.05) is 10.7 Å². The molecule has 0 aliphatic heterocycles. The lowest BCUT2D eigenvalue weighted by Crippen LogP contribution is -2.30. The second kappa shape index (κ2) is 7.13. The molecule has 2 rings (SSSR count). The van der Waals surface area contributed by atoms with Crippen molar-refractivity contribution in [2.45, 2.75) is 38.5 Å². The molecular weight excluding hydrogens is 403 g/mol. The van der Waals surface area contributed by atoms with Crippen LogP contribution in [0.4, 0.5) is 0 Å². The van der Waals surface area contributed by atoms with E-state index in [1.54, 1.807) is 0 Å². The van der Waals surface area contributed by atoms with Crippen molar-refractivity contribution in [1.82, 2.24) is 0 Å². The Morgan fingerprint density at radius 3 is 2.39 bits per heavy atom. The number of alkyl halides is 1. The van der Waals surface area contributed by atoms with Crippen LogP contribution >= 0.6 is 38.5 Å². The van der Waals surface area contributed by atoms with Crippen molar-refractivity contribution in [3.05, 3.63) is 27.8 Å². The van der Waals surface area contributed by atoms with E-state index in [0.717, 1.165) is 17.7 Å². The minimum absolute atomic E-state index is 0.343. The molecule has 0 atom stereocenters. The van der Waals surface area contributed by atoms with E-state index in [0.29, 0.717) is 5.41 Å². The fraction of sp³-hybridized carbons (Fsp3) is 0.600. The molecular formula is C15H20BrIO. The van der Waals surface area contributed by atoms with E-state index in [2.05, 4.69) is 56.7 Å². The summed E-state index contributed by atoms with van der Waals surface area (Å²) in [4.78, 5) is 0. The summed E-state index contributed by atoms with van der Waals surface area (Å²) >= 11 is 6.06. The second-order valence-corrected chi connectivity index (χ2v) is 6.99. The molecule has 3 heteroatoms. The molecule has 0 radical (unpaired) electrons. The van der Waals surface area contributed by atoms with Gasteiger partial charge >= 0.3 is 0 Å². The maximum Gasteiger partial charge on any atom is 0.132 e. The van der Waals surface area contributed by atoms with Gasteiger partial charge in [0.15, 0.2) is 0 Å². The van der Waals surface area contributed by atoms with Gasteiger partial charge in [-0.2, -0.15) is 0 Å². The number of ether oxygens (including phenoxy) is 1. The van der Waals surface area contributed by atoms with Gasteiger partial charge in [-0.3, -0.25) is 0 Å². The van der Waals surface area contributed by atoms with Gasteiger partial charge in [-0.05, 0) is 47.6 Å². The van der Waals surface area contributed by atoms with Gasteiger partial charge in [-0.25, -0.2) is 0 Å². The van der Waals surface area contributed by atoms with Crippen LogP contribution in [0.3, 0.4) is 0 Å². The average molecular weight is 423 g/mol. The summed E-state index contributed by atoms with van der Waals surface area (Å²) in [5, 5.41) is 1.06. The van der Waals surface area contributed by atoms with Crippen LogP contribution < -0.4 is 4.74 Å². The van der Waals surface area contributed by atoms with Crippen LogP contribution in [-0.2, 0) is 0 Å². The van der Waals surface area contributed by atoms with Crippen molar-refractivity contribution in [2.75, 3.05) is 11.9 Å². The molecule has 0 amide bonds. The summed E-state index contributed by atoms with van der Waals surface area (Å²) < 4.78 is 7.29. The number of rotatable bonds is 4. The molecule has 1 aliphatic rings. The predicted octanol–water partition coefficient (Wildman–Crippen LogP) is 5.41. The Hall–Kier alpha value is 0.230. The van der Waals surface area contributed by atoms with Gasteiger partial charge in [0.2, 0.25) is 0 Å². The SMILES string of the molecule is BrCC1(COc2ccccc2I)CCCCCC1. The molecule has 0 spiro atoms. The fourth-order valence-electron chi connectivity index (χ4n) is 2.59. The van der Waals surface area contributed by atoms with Gasteiger partial charge in [-0.15, -0.1) is 0 Å². The largest absolute Gasteiger partial charge is 0.492 e. The Morgan fingerprint density at radius 1 is 1.11 bits per heavy atom. The maximum atomic E-state index is 6.09. The minimum atomic E-state index is 0.343. The van der Waals surface area contributed by atoms with Crippen LogP contribution in [0.25, 0.3) is 0 Å². The quantitative estimate of drug-likeness (QED) is 0.358. The normalized spacial score (nSPS) is 19.2. The zero-order valence-electron chi connectivity index (χ0n) is 10.6. The first-order chi connectivity index (χ1) is 8.76. The molecule has 0 unspecified atom stereocenters. The van der Waals surface area contributed by atoms with Crippen molar-refractivity contribution in [3.63, 3.8) is 0 Å². The fourth-order valence-corrected chi connectivity index (χ4v) is 3.85. The third-order valence-corrected chi connectivity index (χ3v) is 5.90. The molecule has 1 saturated carbocycles. The molecule has 0 saturated heterocycles. The number of hydrogen-bond donors (Lipinski definition) is 0. The van der Waals surface area contributed by atoms with E-state index in [-0.39, 0.29) is 0 Å². The minimum Gasteiger partial charge on any atom is -0.492 e. The van der Waals surface area contributed by atoms with Gasteiger partial charge in [-0.1, -0.05) is 53.7 Å². The number of halogens is 2. The second-order valence-electron chi connectivity index (χ2n) is 5.27. The molecule has 0 N–H and O–H groups in total. The summed E-state index contributed by atoms with van der Waals surface area (Å²) in [7, 11) is 0. The molecule has 18 heavy (non-hydrogen) atoms. The van der Waals surface area contributed by atoms with Gasteiger partial charge in [0.1, 0.15) is 5.75 Å². The lowest BCUT2D eigenvalue weighted by Gasteiger charge is -2.30. The molecule has 1 aliphatic carbocycles. The van der Waals surface area contributed by atoms with E-state index in [4.69, 9.17) is 4.74 Å². The Balaban J connectivity index is 2.00. The average Bonchev–Trinajstić information content (AvgIpc) is 2.64. The van der Waals surface area contributed by atoms with Crippen LogP contribution in [0.5, 0.6) is 5.75 Å². The van der Waals surface area contributed by atoms with E-state index >= 15 is 0 Å². The highest BCUT2D eigenvalue weighted by molar-refractivity contribution is 14.1.